The topological polar surface area (TPSA) is 27.1 Å². The second-order valence-corrected chi connectivity index (χ2v) is 10.0. The maximum Gasteiger partial charge on any atom is 0.123 e. The van der Waals surface area contributed by atoms with E-state index in [4.69, 9.17) is 16.3 Å². The summed E-state index contributed by atoms with van der Waals surface area (Å²) in [6.07, 6.45) is 10.2. The molecular weight excluding hydrogens is 435 g/mol. The number of aryl methyl sites for hydroxylation is 1. The van der Waals surface area contributed by atoms with Gasteiger partial charge in [0, 0.05) is 17.0 Å². The van der Waals surface area contributed by atoms with Gasteiger partial charge in [0.25, 0.3) is 0 Å². The average Bonchev–Trinajstić information content (AvgIpc) is 3.34. The Kier molecular flexibility index (Phi) is 5.92. The van der Waals surface area contributed by atoms with Crippen molar-refractivity contribution >= 4 is 17.7 Å². The normalized spacial score (nSPS) is 23.8. The SMILES string of the molecule is CCCO[C@@]1(CCc2ccc(Cl)cc2)CCC2=Cc3c(cnn3-c3ccc(F)cc3)C[C@@]21C. The van der Waals surface area contributed by atoms with Crippen LogP contribution in [0, 0.1) is 11.2 Å². The highest BCUT2D eigenvalue weighted by molar-refractivity contribution is 6.30. The van der Waals surface area contributed by atoms with Crippen molar-refractivity contribution in [2.75, 3.05) is 6.61 Å². The van der Waals surface area contributed by atoms with E-state index in [1.165, 1.54) is 28.8 Å². The molecule has 2 aliphatic carbocycles. The highest BCUT2D eigenvalue weighted by atomic mass is 35.5. The number of benzene rings is 2. The largest absolute Gasteiger partial charge is 0.374 e. The van der Waals surface area contributed by atoms with Crippen molar-refractivity contribution in [3.63, 3.8) is 0 Å². The van der Waals surface area contributed by atoms with E-state index in [0.717, 1.165) is 61.5 Å². The predicted molar refractivity (Wildman–Crippen MR) is 131 cm³/mol. The molecule has 1 fully saturated rings. The van der Waals surface area contributed by atoms with E-state index in [1.807, 2.05) is 23.0 Å². The fourth-order valence-corrected chi connectivity index (χ4v) is 5.83. The van der Waals surface area contributed by atoms with Crippen molar-refractivity contribution in [2.45, 2.75) is 58.0 Å². The van der Waals surface area contributed by atoms with Gasteiger partial charge >= 0.3 is 0 Å². The summed E-state index contributed by atoms with van der Waals surface area (Å²) in [7, 11) is 0. The quantitative estimate of drug-likeness (QED) is 0.369. The molecule has 1 aromatic heterocycles. The second-order valence-electron chi connectivity index (χ2n) is 9.59. The molecule has 3 aromatic rings. The first-order valence-corrected chi connectivity index (χ1v) is 12.2. The van der Waals surface area contributed by atoms with Gasteiger partial charge in [-0.05, 0) is 92.1 Å². The summed E-state index contributed by atoms with van der Waals surface area (Å²) in [5, 5.41) is 5.43. The van der Waals surface area contributed by atoms with Gasteiger partial charge in [-0.1, -0.05) is 43.2 Å². The van der Waals surface area contributed by atoms with E-state index < -0.39 is 0 Å². The van der Waals surface area contributed by atoms with E-state index >= 15 is 0 Å². The third-order valence-electron chi connectivity index (χ3n) is 7.64. The number of hydrogen-bond acceptors (Lipinski definition) is 2. The minimum absolute atomic E-state index is 0.0712. The number of ether oxygens (including phenoxy) is 1. The maximum atomic E-state index is 13.4. The van der Waals surface area contributed by atoms with Crippen molar-refractivity contribution in [2.24, 2.45) is 5.41 Å². The van der Waals surface area contributed by atoms with E-state index in [2.05, 4.69) is 37.2 Å². The molecule has 5 heteroatoms. The Morgan fingerprint density at radius 2 is 1.88 bits per heavy atom. The summed E-state index contributed by atoms with van der Waals surface area (Å²) in [4.78, 5) is 0. The number of aromatic nitrogens is 2. The van der Waals surface area contributed by atoms with Crippen LogP contribution in [0.15, 0.2) is 60.3 Å². The van der Waals surface area contributed by atoms with Gasteiger partial charge in [-0.15, -0.1) is 0 Å². The molecule has 0 saturated heterocycles. The number of rotatable bonds is 7. The predicted octanol–water partition coefficient (Wildman–Crippen LogP) is 7.20. The van der Waals surface area contributed by atoms with E-state index in [0.29, 0.717) is 0 Å². The molecule has 0 radical (unpaired) electrons. The van der Waals surface area contributed by atoms with E-state index in [-0.39, 0.29) is 16.8 Å². The van der Waals surface area contributed by atoms with E-state index in [1.54, 1.807) is 12.1 Å². The number of halogens is 2. The van der Waals surface area contributed by atoms with Crippen LogP contribution < -0.4 is 0 Å². The fraction of sp³-hybridized carbons (Fsp3) is 0.393. The van der Waals surface area contributed by atoms with Crippen molar-refractivity contribution in [3.05, 3.63) is 88.0 Å². The van der Waals surface area contributed by atoms with E-state index in [9.17, 15) is 4.39 Å². The lowest BCUT2D eigenvalue weighted by Crippen LogP contribution is -2.48. The molecule has 5 rings (SSSR count). The standard InChI is InChI=1S/C28H30ClFN2O/c1-3-16-33-28(14-12-20-4-6-23(29)7-5-20)15-13-22-17-26-21(18-27(22,28)2)19-31-32(26)25-10-8-24(30)9-11-25/h4-11,17,19H,3,12-16,18H2,1-2H3/t27-,28-/m0/s1. The highest BCUT2D eigenvalue weighted by Crippen LogP contribution is 2.58. The minimum Gasteiger partial charge on any atom is -0.374 e. The zero-order valence-corrected chi connectivity index (χ0v) is 20.0. The summed E-state index contributed by atoms with van der Waals surface area (Å²) in [6.45, 7) is 5.32. The van der Waals surface area contributed by atoms with Crippen LogP contribution in [0.3, 0.4) is 0 Å². The first kappa shape index (κ1) is 22.4. The number of fused-ring (bicyclic) bond motifs is 2. The molecule has 33 heavy (non-hydrogen) atoms. The number of hydrogen-bond donors (Lipinski definition) is 0. The Bertz CT molecular complexity index is 1170. The van der Waals surface area contributed by atoms with Crippen LogP contribution in [0.4, 0.5) is 4.39 Å². The summed E-state index contributed by atoms with van der Waals surface area (Å²) in [6, 6.07) is 14.7. The van der Waals surface area contributed by atoms with Gasteiger partial charge in [-0.2, -0.15) is 5.10 Å². The van der Waals surface area contributed by atoms with Gasteiger partial charge in [0.1, 0.15) is 5.82 Å². The molecule has 3 nitrogen and oxygen atoms in total. The summed E-state index contributed by atoms with van der Waals surface area (Å²) >= 11 is 6.09. The average molecular weight is 465 g/mol. The van der Waals surface area contributed by atoms with Crippen LogP contribution >= 0.6 is 11.6 Å². The lowest BCUT2D eigenvalue weighted by molar-refractivity contribution is -0.108. The molecule has 0 bridgehead atoms. The molecule has 0 aliphatic heterocycles. The molecule has 172 valence electrons. The van der Waals surface area contributed by atoms with Crippen LogP contribution in [-0.2, 0) is 17.6 Å². The van der Waals surface area contributed by atoms with Crippen molar-refractivity contribution in [3.8, 4) is 5.69 Å². The van der Waals surface area contributed by atoms with Crippen LogP contribution in [0.5, 0.6) is 0 Å². The minimum atomic E-state index is -0.236. The molecule has 0 amide bonds. The molecule has 2 aliphatic rings. The molecule has 1 saturated carbocycles. The zero-order chi connectivity index (χ0) is 23.1. The molecule has 2 atom stereocenters. The van der Waals surface area contributed by atoms with Crippen molar-refractivity contribution in [1.29, 1.82) is 0 Å². The molecule has 0 spiro atoms. The Morgan fingerprint density at radius 3 is 2.61 bits per heavy atom. The highest BCUT2D eigenvalue weighted by Gasteiger charge is 2.56. The second kappa shape index (κ2) is 8.73. The molecular formula is C28H30ClFN2O. The van der Waals surface area contributed by atoms with Gasteiger partial charge in [0.2, 0.25) is 0 Å². The lowest BCUT2D eigenvalue weighted by Gasteiger charge is -2.46. The first-order chi connectivity index (χ1) is 15.9. The Balaban J connectivity index is 1.47. The maximum absolute atomic E-state index is 13.4. The summed E-state index contributed by atoms with van der Waals surface area (Å²) in [5.41, 5.74) is 5.67. The van der Waals surface area contributed by atoms with Crippen molar-refractivity contribution in [1.82, 2.24) is 9.78 Å². The number of nitrogens with zero attached hydrogens (tertiary/aromatic N) is 2. The lowest BCUT2D eigenvalue weighted by atomic mass is 9.65. The monoisotopic (exact) mass is 464 g/mol. The Hall–Kier alpha value is -2.43. The molecule has 2 aromatic carbocycles. The Morgan fingerprint density at radius 1 is 1.12 bits per heavy atom. The van der Waals surface area contributed by atoms with Gasteiger partial charge in [-0.3, -0.25) is 0 Å². The van der Waals surface area contributed by atoms with Crippen LogP contribution in [-0.4, -0.2) is 22.0 Å². The molecule has 0 unspecified atom stereocenters. The third-order valence-corrected chi connectivity index (χ3v) is 7.89. The zero-order valence-electron chi connectivity index (χ0n) is 19.3. The molecule has 1 heterocycles. The summed E-state index contributed by atoms with van der Waals surface area (Å²) in [5.74, 6) is -0.236. The fourth-order valence-electron chi connectivity index (χ4n) is 5.70. The third kappa shape index (κ3) is 3.94. The van der Waals surface area contributed by atoms with Gasteiger partial charge in [0.05, 0.1) is 23.2 Å². The molecule has 0 N–H and O–H groups in total. The van der Waals surface area contributed by atoms with Crippen LogP contribution in [0.25, 0.3) is 11.8 Å². The van der Waals surface area contributed by atoms with Gasteiger partial charge < -0.3 is 4.74 Å². The van der Waals surface area contributed by atoms with Gasteiger partial charge in [0.15, 0.2) is 0 Å². The smallest absolute Gasteiger partial charge is 0.123 e. The van der Waals surface area contributed by atoms with Crippen molar-refractivity contribution < 1.29 is 9.13 Å². The summed E-state index contributed by atoms with van der Waals surface area (Å²) < 4.78 is 22.1. The van der Waals surface area contributed by atoms with Crippen LogP contribution in [0.1, 0.15) is 56.4 Å². The van der Waals surface area contributed by atoms with Gasteiger partial charge in [-0.25, -0.2) is 9.07 Å². The first-order valence-electron chi connectivity index (χ1n) is 11.9. The Labute approximate surface area is 200 Å². The van der Waals surface area contributed by atoms with Crippen LogP contribution in [0.2, 0.25) is 5.02 Å².